The van der Waals surface area contributed by atoms with Crippen LogP contribution in [0.1, 0.15) is 46.7 Å². The molecule has 48 heavy (non-hydrogen) atoms. The van der Waals surface area contributed by atoms with E-state index < -0.39 is 0 Å². The van der Waals surface area contributed by atoms with Crippen molar-refractivity contribution in [3.05, 3.63) is 142 Å². The van der Waals surface area contributed by atoms with Crippen molar-refractivity contribution in [1.82, 2.24) is 29.9 Å². The minimum absolute atomic E-state index is 0.863. The standard InChI is InChI=1S/C14H17N3.C12H12BrN3.C12H13N3/c1-2-11-4-3-5-12-6-9-17(14(11)12)10-13-15-7-8-16-13;13-10-1-2-11-9(7-10)3-6-16(11)8-12-14-4-5-15-12;1-2-4-11-10(3-1)5-8-15(11)9-12-13-6-7-14-12/h3-5,7-8H,2,6,9-10H2,1H3,(H,15,16);1-2,4-5,7H,3,6,8H2,(H,14,15);1-4,6-7H,5,8-9H2,(H,13,14). The molecule has 3 aliphatic heterocycles. The number of H-pyrrole nitrogens is 3. The van der Waals surface area contributed by atoms with Gasteiger partial charge in [-0.05, 0) is 72.2 Å². The van der Waals surface area contributed by atoms with E-state index >= 15 is 0 Å². The van der Waals surface area contributed by atoms with Crippen molar-refractivity contribution in [2.75, 3.05) is 34.3 Å². The Morgan fingerprint density at radius 3 is 1.77 bits per heavy atom. The molecule has 6 heterocycles. The maximum Gasteiger partial charge on any atom is 0.125 e. The Morgan fingerprint density at radius 1 is 0.604 bits per heavy atom. The molecule has 10 heteroatoms. The van der Waals surface area contributed by atoms with Gasteiger partial charge in [-0.15, -0.1) is 0 Å². The Balaban J connectivity index is 0.000000114. The van der Waals surface area contributed by atoms with Crippen LogP contribution >= 0.6 is 15.9 Å². The fraction of sp³-hybridized carbons (Fsp3) is 0.289. The van der Waals surface area contributed by atoms with Crippen LogP contribution in [0.3, 0.4) is 0 Å². The number of fused-ring (bicyclic) bond motifs is 3. The predicted molar refractivity (Wildman–Crippen MR) is 196 cm³/mol. The van der Waals surface area contributed by atoms with Gasteiger partial charge in [0.05, 0.1) is 19.6 Å². The first-order valence-electron chi connectivity index (χ1n) is 16.8. The monoisotopic (exact) mass is 703 g/mol. The van der Waals surface area contributed by atoms with Crippen molar-refractivity contribution in [2.24, 2.45) is 0 Å². The minimum Gasteiger partial charge on any atom is -0.364 e. The number of anilines is 3. The van der Waals surface area contributed by atoms with E-state index in [-0.39, 0.29) is 0 Å². The molecular weight excluding hydrogens is 662 g/mol. The third kappa shape index (κ3) is 7.33. The number of nitrogens with zero attached hydrogens (tertiary/aromatic N) is 6. The average molecular weight is 705 g/mol. The summed E-state index contributed by atoms with van der Waals surface area (Å²) >= 11 is 3.51. The van der Waals surface area contributed by atoms with Crippen molar-refractivity contribution in [2.45, 2.75) is 52.2 Å². The number of halogens is 1. The number of aryl methyl sites for hydroxylation is 1. The van der Waals surface area contributed by atoms with Crippen LogP contribution in [-0.4, -0.2) is 49.5 Å². The molecule has 0 saturated heterocycles. The van der Waals surface area contributed by atoms with Crippen molar-refractivity contribution in [3.63, 3.8) is 0 Å². The molecule has 0 saturated carbocycles. The highest BCUT2D eigenvalue weighted by Crippen LogP contribution is 2.33. The number of benzene rings is 3. The Labute approximate surface area is 290 Å². The van der Waals surface area contributed by atoms with Gasteiger partial charge in [-0.1, -0.05) is 59.3 Å². The molecule has 6 aromatic rings. The van der Waals surface area contributed by atoms with Crippen LogP contribution in [0.4, 0.5) is 17.1 Å². The Kier molecular flexibility index (Phi) is 9.88. The lowest BCUT2D eigenvalue weighted by molar-refractivity contribution is 0.794. The third-order valence-corrected chi connectivity index (χ3v) is 9.75. The van der Waals surface area contributed by atoms with E-state index in [0.29, 0.717) is 0 Å². The van der Waals surface area contributed by atoms with E-state index in [0.717, 1.165) is 86.9 Å². The van der Waals surface area contributed by atoms with Gasteiger partial charge in [-0.25, -0.2) is 15.0 Å². The van der Waals surface area contributed by atoms with Crippen molar-refractivity contribution >= 4 is 33.0 Å². The van der Waals surface area contributed by atoms with Crippen LogP contribution < -0.4 is 14.7 Å². The van der Waals surface area contributed by atoms with Gasteiger partial charge in [0.15, 0.2) is 0 Å². The second kappa shape index (κ2) is 14.9. The number of para-hydroxylation sites is 2. The van der Waals surface area contributed by atoms with Crippen LogP contribution in [0.2, 0.25) is 0 Å². The first kappa shape index (κ1) is 31.8. The van der Waals surface area contributed by atoms with Crippen LogP contribution in [-0.2, 0) is 45.3 Å². The first-order valence-corrected chi connectivity index (χ1v) is 17.6. The second-order valence-electron chi connectivity index (χ2n) is 12.3. The van der Waals surface area contributed by atoms with Gasteiger partial charge in [0, 0.05) is 78.4 Å². The molecule has 9 rings (SSSR count). The molecule has 3 N–H and O–H groups in total. The minimum atomic E-state index is 0.863. The lowest BCUT2D eigenvalue weighted by atomic mass is 10.1. The number of hydrogen-bond donors (Lipinski definition) is 3. The highest BCUT2D eigenvalue weighted by Gasteiger charge is 2.22. The summed E-state index contributed by atoms with van der Waals surface area (Å²) in [6.07, 6.45) is 15.6. The molecule has 0 unspecified atom stereocenters. The average Bonchev–Trinajstić information content (AvgIpc) is 3.96. The Bertz CT molecular complexity index is 1880. The molecule has 3 aliphatic rings. The highest BCUT2D eigenvalue weighted by molar-refractivity contribution is 9.10. The largest absolute Gasteiger partial charge is 0.364 e. The van der Waals surface area contributed by atoms with Gasteiger partial charge in [0.1, 0.15) is 17.5 Å². The van der Waals surface area contributed by atoms with E-state index in [4.69, 9.17) is 0 Å². The van der Waals surface area contributed by atoms with E-state index in [1.165, 1.54) is 39.3 Å². The van der Waals surface area contributed by atoms with Gasteiger partial charge < -0.3 is 29.7 Å². The normalized spacial score (nSPS) is 14.2. The second-order valence-corrected chi connectivity index (χ2v) is 13.2. The summed E-state index contributed by atoms with van der Waals surface area (Å²) in [6.45, 7) is 8.13. The molecule has 0 spiro atoms. The number of nitrogens with one attached hydrogen (secondary N) is 3. The van der Waals surface area contributed by atoms with Crippen molar-refractivity contribution in [3.8, 4) is 0 Å². The molecule has 9 nitrogen and oxygen atoms in total. The summed E-state index contributed by atoms with van der Waals surface area (Å²) in [5.41, 5.74) is 9.92. The third-order valence-electron chi connectivity index (χ3n) is 9.25. The fourth-order valence-corrected chi connectivity index (χ4v) is 7.34. The van der Waals surface area contributed by atoms with Crippen LogP contribution in [0.25, 0.3) is 0 Å². The maximum atomic E-state index is 4.31. The number of aromatic nitrogens is 6. The molecule has 0 atom stereocenters. The van der Waals surface area contributed by atoms with E-state index in [1.807, 2.05) is 24.8 Å². The van der Waals surface area contributed by atoms with Crippen LogP contribution in [0, 0.1) is 0 Å². The molecule has 0 bridgehead atoms. The zero-order valence-corrected chi connectivity index (χ0v) is 29.0. The molecule has 0 fully saturated rings. The fourth-order valence-electron chi connectivity index (χ4n) is 6.93. The predicted octanol–water partition coefficient (Wildman–Crippen LogP) is 7.24. The van der Waals surface area contributed by atoms with Gasteiger partial charge in [0.25, 0.3) is 0 Å². The summed E-state index contributed by atoms with van der Waals surface area (Å²) in [4.78, 5) is 29.5. The van der Waals surface area contributed by atoms with Gasteiger partial charge in [-0.3, -0.25) is 0 Å². The SMILES string of the molecule is Brc1ccc2c(c1)CCN2Cc1ncc[nH]1.CCc1cccc2c1N(Cc1ncc[nH]1)CC2.c1ccc2c(c1)CCN2Cc1ncc[nH]1. The van der Waals surface area contributed by atoms with E-state index in [9.17, 15) is 0 Å². The maximum absolute atomic E-state index is 4.31. The molecule has 246 valence electrons. The molecule has 3 aromatic carbocycles. The number of aromatic amines is 3. The summed E-state index contributed by atoms with van der Waals surface area (Å²) in [6, 6.07) is 21.7. The lowest BCUT2D eigenvalue weighted by Gasteiger charge is -2.20. The van der Waals surface area contributed by atoms with Gasteiger partial charge >= 0.3 is 0 Å². The number of hydrogen-bond acceptors (Lipinski definition) is 6. The quantitative estimate of drug-likeness (QED) is 0.162. The Morgan fingerprint density at radius 2 is 1.15 bits per heavy atom. The number of rotatable bonds is 7. The molecular formula is C38H42BrN9. The van der Waals surface area contributed by atoms with Gasteiger partial charge in [0.2, 0.25) is 0 Å². The van der Waals surface area contributed by atoms with Gasteiger partial charge in [-0.2, -0.15) is 0 Å². The highest BCUT2D eigenvalue weighted by atomic mass is 79.9. The first-order chi connectivity index (χ1) is 23.6. The zero-order chi connectivity index (χ0) is 32.7. The van der Waals surface area contributed by atoms with E-state index in [2.05, 4.69) is 128 Å². The molecule has 3 aromatic heterocycles. The van der Waals surface area contributed by atoms with Crippen LogP contribution in [0.5, 0.6) is 0 Å². The number of imidazole rings is 3. The smallest absolute Gasteiger partial charge is 0.125 e. The Hall–Kier alpha value is -4.83. The topological polar surface area (TPSA) is 95.8 Å². The summed E-state index contributed by atoms with van der Waals surface area (Å²) in [5.74, 6) is 3.10. The van der Waals surface area contributed by atoms with Crippen molar-refractivity contribution < 1.29 is 0 Å². The molecule has 0 radical (unpaired) electrons. The summed E-state index contributed by atoms with van der Waals surface area (Å²) in [5, 5.41) is 0. The molecule has 0 aliphatic carbocycles. The summed E-state index contributed by atoms with van der Waals surface area (Å²) in [7, 11) is 0. The summed E-state index contributed by atoms with van der Waals surface area (Å²) < 4.78 is 1.16. The molecule has 0 amide bonds. The lowest BCUT2D eigenvalue weighted by Crippen LogP contribution is -2.21. The van der Waals surface area contributed by atoms with Crippen molar-refractivity contribution in [1.29, 1.82) is 0 Å². The van der Waals surface area contributed by atoms with E-state index in [1.54, 1.807) is 12.4 Å². The zero-order valence-electron chi connectivity index (χ0n) is 27.4. The van der Waals surface area contributed by atoms with Crippen LogP contribution in [0.15, 0.2) is 102 Å².